The maximum atomic E-state index is 14.0. The van der Waals surface area contributed by atoms with Crippen molar-refractivity contribution in [2.75, 3.05) is 0 Å². The molecule has 0 bridgehead atoms. The third kappa shape index (κ3) is 2.72. The van der Waals surface area contributed by atoms with Gasteiger partial charge in [-0.25, -0.2) is 17.6 Å². The summed E-state index contributed by atoms with van der Waals surface area (Å²) in [6.07, 6.45) is -3.11. The second-order valence-electron chi connectivity index (χ2n) is 5.70. The van der Waals surface area contributed by atoms with Crippen molar-refractivity contribution in [3.63, 3.8) is 0 Å². The summed E-state index contributed by atoms with van der Waals surface area (Å²) in [6, 6.07) is 0. The lowest BCUT2D eigenvalue weighted by atomic mass is 9.69. The van der Waals surface area contributed by atoms with E-state index in [1.807, 2.05) is 0 Å². The van der Waals surface area contributed by atoms with Crippen molar-refractivity contribution in [2.24, 2.45) is 17.8 Å². The Morgan fingerprint density at radius 3 is 1.94 bits per heavy atom. The first-order valence-corrected chi connectivity index (χ1v) is 6.71. The second-order valence-corrected chi connectivity index (χ2v) is 5.70. The smallest absolute Gasteiger partial charge is 0.162 e. The fraction of sp³-hybridized carbons (Fsp3) is 0.857. The maximum Gasteiger partial charge on any atom is 0.162 e. The lowest BCUT2D eigenvalue weighted by Crippen LogP contribution is -2.42. The number of halogens is 4. The summed E-state index contributed by atoms with van der Waals surface area (Å²) in [6.45, 7) is 3.65. The van der Waals surface area contributed by atoms with Gasteiger partial charge in [0.05, 0.1) is 0 Å². The van der Waals surface area contributed by atoms with Crippen molar-refractivity contribution in [3.05, 3.63) is 12.7 Å². The van der Waals surface area contributed by atoms with E-state index in [4.69, 9.17) is 0 Å². The van der Waals surface area contributed by atoms with E-state index in [1.165, 1.54) is 0 Å². The molecule has 0 aliphatic heterocycles. The quantitative estimate of drug-likeness (QED) is 0.514. The van der Waals surface area contributed by atoms with Crippen molar-refractivity contribution >= 4 is 0 Å². The van der Waals surface area contributed by atoms with Crippen molar-refractivity contribution in [3.8, 4) is 0 Å². The molecule has 2 rings (SSSR count). The predicted molar refractivity (Wildman–Crippen MR) is 63.3 cm³/mol. The van der Waals surface area contributed by atoms with Gasteiger partial charge in [-0.2, -0.15) is 0 Å². The SMILES string of the molecule is C=CC1CCC(C2CC(F)C(F)C(F)C2)C(F)C1. The first-order valence-electron chi connectivity index (χ1n) is 6.71. The minimum Gasteiger partial charge on any atom is -0.247 e. The van der Waals surface area contributed by atoms with Gasteiger partial charge in [0.1, 0.15) is 18.5 Å². The first kappa shape index (κ1) is 13.9. The molecule has 0 nitrogen and oxygen atoms in total. The van der Waals surface area contributed by atoms with Crippen molar-refractivity contribution < 1.29 is 17.6 Å². The highest BCUT2D eigenvalue weighted by Crippen LogP contribution is 2.43. The van der Waals surface area contributed by atoms with Crippen LogP contribution in [-0.2, 0) is 0 Å². The molecule has 0 aromatic heterocycles. The number of allylic oxidation sites excluding steroid dienone is 1. The van der Waals surface area contributed by atoms with Crippen LogP contribution in [0, 0.1) is 17.8 Å². The molecule has 0 saturated heterocycles. The van der Waals surface area contributed by atoms with Crippen LogP contribution in [0.15, 0.2) is 12.7 Å². The van der Waals surface area contributed by atoms with Crippen LogP contribution in [-0.4, -0.2) is 24.7 Å². The van der Waals surface area contributed by atoms with Gasteiger partial charge < -0.3 is 0 Å². The lowest BCUT2D eigenvalue weighted by molar-refractivity contribution is -0.0209. The van der Waals surface area contributed by atoms with E-state index < -0.39 is 24.7 Å². The molecule has 104 valence electrons. The third-order valence-electron chi connectivity index (χ3n) is 4.55. The molecule has 18 heavy (non-hydrogen) atoms. The first-order chi connectivity index (χ1) is 8.52. The molecule has 0 aromatic rings. The summed E-state index contributed by atoms with van der Waals surface area (Å²) in [4.78, 5) is 0. The second kappa shape index (κ2) is 5.62. The van der Waals surface area contributed by atoms with Gasteiger partial charge in [-0.3, -0.25) is 0 Å². The molecular formula is C14H20F4. The van der Waals surface area contributed by atoms with E-state index >= 15 is 0 Å². The minimum atomic E-state index is -2.02. The molecule has 2 saturated carbocycles. The molecule has 2 fully saturated rings. The number of rotatable bonds is 2. The van der Waals surface area contributed by atoms with Gasteiger partial charge in [-0.05, 0) is 49.9 Å². The normalized spacial score (nSPS) is 49.9. The Bertz CT molecular complexity index is 282. The number of alkyl halides is 4. The zero-order valence-corrected chi connectivity index (χ0v) is 10.4. The van der Waals surface area contributed by atoms with E-state index in [1.54, 1.807) is 6.08 Å². The topological polar surface area (TPSA) is 0 Å². The number of hydrogen-bond donors (Lipinski definition) is 0. The molecule has 0 heterocycles. The van der Waals surface area contributed by atoms with Gasteiger partial charge in [0.2, 0.25) is 0 Å². The van der Waals surface area contributed by atoms with E-state index in [0.717, 1.165) is 6.42 Å². The number of hydrogen-bond acceptors (Lipinski definition) is 0. The molecule has 5 atom stereocenters. The molecule has 2 aliphatic carbocycles. The van der Waals surface area contributed by atoms with Gasteiger partial charge in [0, 0.05) is 0 Å². The van der Waals surface area contributed by atoms with E-state index in [2.05, 4.69) is 6.58 Å². The van der Waals surface area contributed by atoms with Crippen LogP contribution in [0.25, 0.3) is 0 Å². The fourth-order valence-electron chi connectivity index (χ4n) is 3.43. The summed E-state index contributed by atoms with van der Waals surface area (Å²) >= 11 is 0. The van der Waals surface area contributed by atoms with E-state index in [0.29, 0.717) is 12.8 Å². The monoisotopic (exact) mass is 264 g/mol. The molecule has 2 aliphatic rings. The van der Waals surface area contributed by atoms with Crippen LogP contribution in [0.5, 0.6) is 0 Å². The van der Waals surface area contributed by atoms with Crippen molar-refractivity contribution in [1.82, 2.24) is 0 Å². The van der Waals surface area contributed by atoms with Crippen molar-refractivity contribution in [1.29, 1.82) is 0 Å². The average molecular weight is 264 g/mol. The molecule has 4 heteroatoms. The van der Waals surface area contributed by atoms with Gasteiger partial charge in [-0.1, -0.05) is 6.08 Å². The van der Waals surface area contributed by atoms with Gasteiger partial charge in [0.25, 0.3) is 0 Å². The van der Waals surface area contributed by atoms with Crippen LogP contribution in [0.3, 0.4) is 0 Å². The lowest BCUT2D eigenvalue weighted by Gasteiger charge is -2.40. The van der Waals surface area contributed by atoms with Crippen LogP contribution < -0.4 is 0 Å². The van der Waals surface area contributed by atoms with Crippen molar-refractivity contribution in [2.45, 2.75) is 56.8 Å². The molecule has 5 unspecified atom stereocenters. The zero-order valence-electron chi connectivity index (χ0n) is 10.4. The largest absolute Gasteiger partial charge is 0.247 e. The Hall–Kier alpha value is -0.540. The summed E-state index contributed by atoms with van der Waals surface area (Å²) in [7, 11) is 0. The van der Waals surface area contributed by atoms with Crippen LogP contribution in [0.2, 0.25) is 0 Å². The predicted octanol–water partition coefficient (Wildman–Crippen LogP) is 4.35. The standard InChI is InChI=1S/C14H20F4/c1-2-8-3-4-10(11(15)5-8)9-6-12(16)14(18)13(17)7-9/h2,8-14H,1,3-7H2. The summed E-state index contributed by atoms with van der Waals surface area (Å²) < 4.78 is 53.8. The van der Waals surface area contributed by atoms with Gasteiger partial charge >= 0.3 is 0 Å². The maximum absolute atomic E-state index is 14.0. The molecule has 0 N–H and O–H groups in total. The van der Waals surface area contributed by atoms with Gasteiger partial charge in [0.15, 0.2) is 6.17 Å². The highest BCUT2D eigenvalue weighted by atomic mass is 19.2. The molecule has 0 amide bonds. The van der Waals surface area contributed by atoms with Crippen LogP contribution >= 0.6 is 0 Å². The summed E-state index contributed by atoms with van der Waals surface area (Å²) in [5, 5.41) is 0. The molecule has 0 aromatic carbocycles. The highest BCUT2D eigenvalue weighted by Gasteiger charge is 2.44. The Morgan fingerprint density at radius 2 is 1.44 bits per heavy atom. The third-order valence-corrected chi connectivity index (χ3v) is 4.55. The molecule has 0 spiro atoms. The molecular weight excluding hydrogens is 244 g/mol. The highest BCUT2D eigenvalue weighted by molar-refractivity contribution is 4.95. The van der Waals surface area contributed by atoms with Gasteiger partial charge in [-0.15, -0.1) is 6.58 Å². The van der Waals surface area contributed by atoms with E-state index in [9.17, 15) is 17.6 Å². The Kier molecular flexibility index (Phi) is 4.33. The zero-order chi connectivity index (χ0) is 13.3. The Labute approximate surface area is 105 Å². The Balaban J connectivity index is 1.97. The average Bonchev–Trinajstić information content (AvgIpc) is 2.35. The summed E-state index contributed by atoms with van der Waals surface area (Å²) in [5.41, 5.74) is 0. The minimum absolute atomic E-state index is 0.0363. The Morgan fingerprint density at radius 1 is 0.833 bits per heavy atom. The van der Waals surface area contributed by atoms with Crippen LogP contribution in [0.1, 0.15) is 32.1 Å². The summed E-state index contributed by atoms with van der Waals surface area (Å²) in [5.74, 6) is -0.510. The molecule has 0 radical (unpaired) electrons. The fourth-order valence-corrected chi connectivity index (χ4v) is 3.43. The van der Waals surface area contributed by atoms with Crippen LogP contribution in [0.4, 0.5) is 17.6 Å². The van der Waals surface area contributed by atoms with E-state index in [-0.39, 0.29) is 30.6 Å².